The van der Waals surface area contributed by atoms with Crippen LogP contribution >= 0.6 is 0 Å². The molecular weight excluding hydrogens is 312 g/mol. The van der Waals surface area contributed by atoms with Gasteiger partial charge in [-0.25, -0.2) is 0 Å². The highest BCUT2D eigenvalue weighted by atomic mass is 16.2. The number of carbonyl (C=O) groups is 1. The van der Waals surface area contributed by atoms with E-state index in [2.05, 4.69) is 53.1 Å². The first kappa shape index (κ1) is 17.7. The minimum atomic E-state index is 0.142. The summed E-state index contributed by atoms with van der Waals surface area (Å²) >= 11 is 0. The minimum Gasteiger partial charge on any atom is -0.333 e. The quantitative estimate of drug-likeness (QED) is 0.859. The largest absolute Gasteiger partial charge is 0.333 e. The lowest BCUT2D eigenvalue weighted by atomic mass is 10.0. The zero-order chi connectivity index (χ0) is 18.0. The van der Waals surface area contributed by atoms with E-state index in [1.807, 2.05) is 24.7 Å². The molecule has 25 heavy (non-hydrogen) atoms. The second-order valence-corrected chi connectivity index (χ2v) is 7.05. The van der Waals surface area contributed by atoms with Crippen LogP contribution in [-0.2, 0) is 18.3 Å². The number of benzene rings is 1. The van der Waals surface area contributed by atoms with Gasteiger partial charge in [-0.3, -0.25) is 9.48 Å². The first-order chi connectivity index (χ1) is 12.0. The summed E-state index contributed by atoms with van der Waals surface area (Å²) in [5.74, 6) is 0.240. The van der Waals surface area contributed by atoms with E-state index in [0.29, 0.717) is 6.42 Å². The van der Waals surface area contributed by atoms with Crippen molar-refractivity contribution in [3.05, 3.63) is 52.8 Å². The summed E-state index contributed by atoms with van der Waals surface area (Å²) in [5, 5.41) is 4.46. The molecule has 3 rings (SSSR count). The molecule has 1 aromatic carbocycles. The van der Waals surface area contributed by atoms with Crippen LogP contribution in [0.4, 0.5) is 0 Å². The van der Waals surface area contributed by atoms with Gasteiger partial charge in [0.15, 0.2) is 0 Å². The highest BCUT2D eigenvalue weighted by Gasteiger charge is 2.30. The Labute approximate surface area is 150 Å². The molecule has 1 aliphatic rings. The van der Waals surface area contributed by atoms with Gasteiger partial charge in [-0.05, 0) is 38.4 Å². The van der Waals surface area contributed by atoms with Crippen molar-refractivity contribution in [2.45, 2.75) is 32.7 Å². The number of carbonyl (C=O) groups excluding carboxylic acids is 1. The number of hydrogen-bond acceptors (Lipinski definition) is 3. The van der Waals surface area contributed by atoms with Gasteiger partial charge < -0.3 is 9.80 Å². The van der Waals surface area contributed by atoms with Gasteiger partial charge in [0.25, 0.3) is 0 Å². The van der Waals surface area contributed by atoms with E-state index in [4.69, 9.17) is 0 Å². The average Bonchev–Trinajstić information content (AvgIpc) is 2.85. The summed E-state index contributed by atoms with van der Waals surface area (Å²) in [4.78, 5) is 17.3. The highest BCUT2D eigenvalue weighted by molar-refractivity contribution is 5.77. The number of amides is 1. The molecule has 1 fully saturated rings. The number of piperazine rings is 1. The fourth-order valence-electron chi connectivity index (χ4n) is 3.73. The lowest BCUT2D eigenvalue weighted by Crippen LogP contribution is -2.49. The monoisotopic (exact) mass is 340 g/mol. The van der Waals surface area contributed by atoms with E-state index in [1.165, 1.54) is 11.1 Å². The van der Waals surface area contributed by atoms with Crippen molar-refractivity contribution in [3.8, 4) is 0 Å². The molecule has 0 bridgehead atoms. The van der Waals surface area contributed by atoms with E-state index in [0.717, 1.165) is 37.4 Å². The van der Waals surface area contributed by atoms with E-state index in [-0.39, 0.29) is 11.9 Å². The average molecular weight is 340 g/mol. The summed E-state index contributed by atoms with van der Waals surface area (Å²) < 4.78 is 1.90. The maximum absolute atomic E-state index is 13.0. The third kappa shape index (κ3) is 3.76. The van der Waals surface area contributed by atoms with Crippen molar-refractivity contribution in [2.75, 3.05) is 26.7 Å². The SMILES string of the molecule is Cc1nn(C)c(C)c1CCC(=O)N1CCN(C)C[C@@H]1c1ccccc1. The second-order valence-electron chi connectivity index (χ2n) is 7.05. The second kappa shape index (κ2) is 7.40. The highest BCUT2D eigenvalue weighted by Crippen LogP contribution is 2.26. The predicted molar refractivity (Wildman–Crippen MR) is 99.4 cm³/mol. The Kier molecular flexibility index (Phi) is 5.23. The number of aryl methyl sites for hydroxylation is 2. The number of hydrogen-bond donors (Lipinski definition) is 0. The Morgan fingerprint density at radius 1 is 1.16 bits per heavy atom. The van der Waals surface area contributed by atoms with Gasteiger partial charge in [-0.15, -0.1) is 0 Å². The Balaban J connectivity index is 1.73. The van der Waals surface area contributed by atoms with Crippen LogP contribution in [0.15, 0.2) is 30.3 Å². The van der Waals surface area contributed by atoms with E-state index >= 15 is 0 Å². The Hall–Kier alpha value is -2.14. The van der Waals surface area contributed by atoms with Crippen molar-refractivity contribution in [1.29, 1.82) is 0 Å². The van der Waals surface area contributed by atoms with Crippen LogP contribution in [0.25, 0.3) is 0 Å². The smallest absolute Gasteiger partial charge is 0.223 e. The van der Waals surface area contributed by atoms with Gasteiger partial charge >= 0.3 is 0 Å². The van der Waals surface area contributed by atoms with Crippen molar-refractivity contribution in [2.24, 2.45) is 7.05 Å². The molecule has 0 saturated carbocycles. The maximum Gasteiger partial charge on any atom is 0.223 e. The van der Waals surface area contributed by atoms with Crippen LogP contribution < -0.4 is 0 Å². The first-order valence-corrected chi connectivity index (χ1v) is 8.99. The zero-order valence-corrected chi connectivity index (χ0v) is 15.7. The van der Waals surface area contributed by atoms with Crippen LogP contribution in [-0.4, -0.2) is 52.2 Å². The fraction of sp³-hybridized carbons (Fsp3) is 0.500. The molecule has 1 aromatic heterocycles. The van der Waals surface area contributed by atoms with Gasteiger partial charge in [-0.1, -0.05) is 30.3 Å². The maximum atomic E-state index is 13.0. The Morgan fingerprint density at radius 3 is 2.52 bits per heavy atom. The molecule has 0 N–H and O–H groups in total. The standard InChI is InChI=1S/C20H28N4O/c1-15-18(16(2)23(4)21-15)10-11-20(25)24-13-12-22(3)14-19(24)17-8-6-5-7-9-17/h5-9,19H,10-14H2,1-4H3/t19-/m1/s1. The van der Waals surface area contributed by atoms with Crippen molar-refractivity contribution >= 4 is 5.91 Å². The van der Waals surface area contributed by atoms with Gasteiger partial charge in [0.05, 0.1) is 11.7 Å². The summed E-state index contributed by atoms with van der Waals surface area (Å²) in [6.07, 6.45) is 1.30. The molecule has 0 radical (unpaired) electrons. The minimum absolute atomic E-state index is 0.142. The van der Waals surface area contributed by atoms with Crippen molar-refractivity contribution in [3.63, 3.8) is 0 Å². The third-order valence-corrected chi connectivity index (χ3v) is 5.34. The summed E-state index contributed by atoms with van der Waals surface area (Å²) in [7, 11) is 4.08. The van der Waals surface area contributed by atoms with Crippen LogP contribution in [0.2, 0.25) is 0 Å². The molecule has 2 heterocycles. The van der Waals surface area contributed by atoms with Crippen LogP contribution in [0.1, 0.15) is 35.0 Å². The zero-order valence-electron chi connectivity index (χ0n) is 15.7. The number of aromatic nitrogens is 2. The Bertz CT molecular complexity index is 738. The number of nitrogens with zero attached hydrogens (tertiary/aromatic N) is 4. The van der Waals surface area contributed by atoms with Crippen LogP contribution in [0.3, 0.4) is 0 Å². The van der Waals surface area contributed by atoms with Gasteiger partial charge in [-0.2, -0.15) is 5.10 Å². The molecule has 5 nitrogen and oxygen atoms in total. The fourth-order valence-corrected chi connectivity index (χ4v) is 3.73. The normalized spacial score (nSPS) is 18.6. The molecule has 0 unspecified atom stereocenters. The molecule has 1 amide bonds. The third-order valence-electron chi connectivity index (χ3n) is 5.34. The van der Waals surface area contributed by atoms with Crippen LogP contribution in [0, 0.1) is 13.8 Å². The lowest BCUT2D eigenvalue weighted by molar-refractivity contribution is -0.136. The first-order valence-electron chi connectivity index (χ1n) is 8.99. The van der Waals surface area contributed by atoms with Crippen molar-refractivity contribution in [1.82, 2.24) is 19.6 Å². The number of likely N-dealkylation sites (N-methyl/N-ethyl adjacent to an activating group) is 1. The van der Waals surface area contributed by atoms with E-state index in [9.17, 15) is 4.79 Å². The topological polar surface area (TPSA) is 41.4 Å². The summed E-state index contributed by atoms with van der Waals surface area (Å²) in [6.45, 7) is 6.71. The molecule has 0 spiro atoms. The molecule has 0 aliphatic carbocycles. The molecule has 1 saturated heterocycles. The lowest BCUT2D eigenvalue weighted by Gasteiger charge is -2.40. The summed E-state index contributed by atoms with van der Waals surface area (Å²) in [5.41, 5.74) is 4.62. The molecule has 1 aliphatic heterocycles. The van der Waals surface area contributed by atoms with Gasteiger partial charge in [0, 0.05) is 38.8 Å². The van der Waals surface area contributed by atoms with Crippen LogP contribution in [0.5, 0.6) is 0 Å². The summed E-state index contributed by atoms with van der Waals surface area (Å²) in [6, 6.07) is 10.5. The van der Waals surface area contributed by atoms with E-state index in [1.54, 1.807) is 0 Å². The molecular formula is C20H28N4O. The van der Waals surface area contributed by atoms with Crippen molar-refractivity contribution < 1.29 is 4.79 Å². The molecule has 1 atom stereocenters. The molecule has 5 heteroatoms. The number of rotatable bonds is 4. The molecule has 134 valence electrons. The van der Waals surface area contributed by atoms with E-state index < -0.39 is 0 Å². The molecule has 2 aromatic rings. The van der Waals surface area contributed by atoms with Gasteiger partial charge in [0.2, 0.25) is 5.91 Å². The predicted octanol–water partition coefficient (Wildman–Crippen LogP) is 2.48. The Morgan fingerprint density at radius 2 is 1.88 bits per heavy atom. The van der Waals surface area contributed by atoms with Gasteiger partial charge in [0.1, 0.15) is 0 Å².